The average Bonchev–Trinajstić information content (AvgIpc) is 2.66. The van der Waals surface area contributed by atoms with Crippen LogP contribution in [0.2, 0.25) is 0 Å². The standard InChI is InChI=1S/C15H32N2O/c1-6-9-16-15(5,12-18)11-13(2)17-10-7-8-14(17,3)4/h13,16,18H,6-12H2,1-5H3. The van der Waals surface area contributed by atoms with Crippen LogP contribution in [0.1, 0.15) is 60.3 Å². The van der Waals surface area contributed by atoms with E-state index in [2.05, 4.69) is 44.8 Å². The summed E-state index contributed by atoms with van der Waals surface area (Å²) in [5, 5.41) is 13.2. The third-order valence-electron chi connectivity index (χ3n) is 4.39. The Hall–Kier alpha value is -0.120. The molecule has 0 amide bonds. The van der Waals surface area contributed by atoms with Crippen LogP contribution >= 0.6 is 0 Å². The second-order valence-electron chi connectivity index (χ2n) is 6.81. The molecule has 2 N–H and O–H groups in total. The van der Waals surface area contributed by atoms with Gasteiger partial charge in [-0.1, -0.05) is 6.92 Å². The second kappa shape index (κ2) is 6.36. The van der Waals surface area contributed by atoms with Gasteiger partial charge < -0.3 is 10.4 Å². The molecule has 3 heteroatoms. The van der Waals surface area contributed by atoms with Gasteiger partial charge in [0.2, 0.25) is 0 Å². The lowest BCUT2D eigenvalue weighted by Crippen LogP contribution is -2.53. The van der Waals surface area contributed by atoms with Gasteiger partial charge in [-0.3, -0.25) is 4.90 Å². The summed E-state index contributed by atoms with van der Waals surface area (Å²) in [6.45, 7) is 13.7. The molecule has 1 aliphatic rings. The highest BCUT2D eigenvalue weighted by Gasteiger charge is 2.37. The number of nitrogens with one attached hydrogen (secondary N) is 1. The molecule has 1 saturated heterocycles. The lowest BCUT2D eigenvalue weighted by Gasteiger charge is -2.41. The molecule has 1 fully saturated rings. The summed E-state index contributed by atoms with van der Waals surface area (Å²) in [5.74, 6) is 0. The lowest BCUT2D eigenvalue weighted by molar-refractivity contribution is 0.0776. The first-order chi connectivity index (χ1) is 8.34. The third kappa shape index (κ3) is 3.94. The summed E-state index contributed by atoms with van der Waals surface area (Å²) in [5.41, 5.74) is 0.175. The van der Waals surface area contributed by atoms with Crippen molar-refractivity contribution in [3.8, 4) is 0 Å². The van der Waals surface area contributed by atoms with Crippen molar-refractivity contribution in [1.82, 2.24) is 10.2 Å². The topological polar surface area (TPSA) is 35.5 Å². The number of aliphatic hydroxyl groups excluding tert-OH is 1. The van der Waals surface area contributed by atoms with Gasteiger partial charge in [0.15, 0.2) is 0 Å². The van der Waals surface area contributed by atoms with Crippen LogP contribution in [0, 0.1) is 0 Å². The molecule has 0 radical (unpaired) electrons. The fourth-order valence-electron chi connectivity index (χ4n) is 3.33. The van der Waals surface area contributed by atoms with Gasteiger partial charge in [-0.2, -0.15) is 0 Å². The Bertz CT molecular complexity index is 255. The molecule has 0 spiro atoms. The van der Waals surface area contributed by atoms with Crippen LogP contribution in [-0.4, -0.2) is 46.8 Å². The number of nitrogens with zero attached hydrogens (tertiary/aromatic N) is 1. The van der Waals surface area contributed by atoms with Crippen molar-refractivity contribution < 1.29 is 5.11 Å². The van der Waals surface area contributed by atoms with Gasteiger partial charge in [0.05, 0.1) is 6.61 Å². The van der Waals surface area contributed by atoms with Gasteiger partial charge in [-0.05, 0) is 66.5 Å². The first kappa shape index (κ1) is 15.9. The monoisotopic (exact) mass is 256 g/mol. The maximum absolute atomic E-state index is 9.65. The highest BCUT2D eigenvalue weighted by atomic mass is 16.3. The smallest absolute Gasteiger partial charge is 0.0611 e. The SMILES string of the molecule is CCCNC(C)(CO)CC(C)N1CCCC1(C)C. The Morgan fingerprint density at radius 2 is 2.11 bits per heavy atom. The van der Waals surface area contributed by atoms with Gasteiger partial charge in [-0.15, -0.1) is 0 Å². The van der Waals surface area contributed by atoms with Crippen LogP contribution in [0.4, 0.5) is 0 Å². The van der Waals surface area contributed by atoms with Gasteiger partial charge in [-0.25, -0.2) is 0 Å². The van der Waals surface area contributed by atoms with Crippen LogP contribution in [0.3, 0.4) is 0 Å². The summed E-state index contributed by atoms with van der Waals surface area (Å²) < 4.78 is 0. The predicted molar refractivity (Wildman–Crippen MR) is 77.9 cm³/mol. The minimum Gasteiger partial charge on any atom is -0.394 e. The molecule has 2 atom stereocenters. The Morgan fingerprint density at radius 1 is 1.44 bits per heavy atom. The number of aliphatic hydroxyl groups is 1. The van der Waals surface area contributed by atoms with Crippen molar-refractivity contribution in [1.29, 1.82) is 0 Å². The molecule has 0 aromatic carbocycles. The molecule has 0 saturated carbocycles. The first-order valence-electron chi connectivity index (χ1n) is 7.47. The van der Waals surface area contributed by atoms with E-state index in [0.29, 0.717) is 11.6 Å². The fourth-order valence-corrected chi connectivity index (χ4v) is 3.33. The van der Waals surface area contributed by atoms with E-state index in [1.54, 1.807) is 0 Å². The van der Waals surface area contributed by atoms with Gasteiger partial charge >= 0.3 is 0 Å². The Kier molecular flexibility index (Phi) is 5.63. The van der Waals surface area contributed by atoms with E-state index in [1.165, 1.54) is 19.4 Å². The molecule has 2 unspecified atom stereocenters. The van der Waals surface area contributed by atoms with Crippen molar-refractivity contribution in [3.63, 3.8) is 0 Å². The Morgan fingerprint density at radius 3 is 2.56 bits per heavy atom. The normalized spacial score (nSPS) is 25.0. The lowest BCUT2D eigenvalue weighted by atomic mass is 9.91. The van der Waals surface area contributed by atoms with E-state index in [9.17, 15) is 5.11 Å². The Balaban J connectivity index is 2.58. The molecule has 0 aromatic rings. The largest absolute Gasteiger partial charge is 0.394 e. The van der Waals surface area contributed by atoms with Crippen LogP contribution < -0.4 is 5.32 Å². The van der Waals surface area contributed by atoms with Crippen LogP contribution in [0.25, 0.3) is 0 Å². The molecule has 3 nitrogen and oxygen atoms in total. The molecular weight excluding hydrogens is 224 g/mol. The summed E-state index contributed by atoms with van der Waals surface area (Å²) in [4.78, 5) is 2.61. The molecule has 0 aliphatic carbocycles. The van der Waals surface area contributed by atoms with Crippen molar-refractivity contribution in [2.45, 2.75) is 77.4 Å². The zero-order chi connectivity index (χ0) is 13.8. The van der Waals surface area contributed by atoms with E-state index < -0.39 is 0 Å². The van der Waals surface area contributed by atoms with E-state index >= 15 is 0 Å². The zero-order valence-electron chi connectivity index (χ0n) is 12.9. The van der Waals surface area contributed by atoms with Crippen LogP contribution in [0.5, 0.6) is 0 Å². The maximum Gasteiger partial charge on any atom is 0.0611 e. The predicted octanol–water partition coefficient (Wildman–Crippen LogP) is 2.39. The molecule has 1 rings (SSSR count). The molecule has 0 bridgehead atoms. The summed E-state index contributed by atoms with van der Waals surface area (Å²) in [6.07, 6.45) is 4.71. The second-order valence-corrected chi connectivity index (χ2v) is 6.81. The number of hydrogen-bond acceptors (Lipinski definition) is 3. The number of likely N-dealkylation sites (tertiary alicyclic amines) is 1. The molecule has 108 valence electrons. The van der Waals surface area contributed by atoms with Crippen molar-refractivity contribution >= 4 is 0 Å². The van der Waals surface area contributed by atoms with Crippen LogP contribution in [-0.2, 0) is 0 Å². The number of rotatable bonds is 7. The van der Waals surface area contributed by atoms with Gasteiger partial charge in [0, 0.05) is 17.1 Å². The highest BCUT2D eigenvalue weighted by molar-refractivity contribution is 4.94. The molecule has 18 heavy (non-hydrogen) atoms. The first-order valence-corrected chi connectivity index (χ1v) is 7.47. The Labute approximate surface area is 113 Å². The fraction of sp³-hybridized carbons (Fsp3) is 1.00. The molecule has 1 heterocycles. The van der Waals surface area contributed by atoms with E-state index in [1.807, 2.05) is 0 Å². The maximum atomic E-state index is 9.65. The summed E-state index contributed by atoms with van der Waals surface area (Å²) in [6, 6.07) is 0.518. The average molecular weight is 256 g/mol. The van der Waals surface area contributed by atoms with E-state index in [0.717, 1.165) is 19.4 Å². The molecule has 0 aromatic heterocycles. The van der Waals surface area contributed by atoms with Gasteiger partial charge in [0.1, 0.15) is 0 Å². The number of hydrogen-bond donors (Lipinski definition) is 2. The van der Waals surface area contributed by atoms with Crippen molar-refractivity contribution in [2.24, 2.45) is 0 Å². The third-order valence-corrected chi connectivity index (χ3v) is 4.39. The minimum absolute atomic E-state index is 0.145. The molecular formula is C15H32N2O. The minimum atomic E-state index is -0.145. The van der Waals surface area contributed by atoms with Crippen LogP contribution in [0.15, 0.2) is 0 Å². The van der Waals surface area contributed by atoms with E-state index in [4.69, 9.17) is 0 Å². The summed E-state index contributed by atoms with van der Waals surface area (Å²) in [7, 11) is 0. The summed E-state index contributed by atoms with van der Waals surface area (Å²) >= 11 is 0. The van der Waals surface area contributed by atoms with E-state index in [-0.39, 0.29) is 12.1 Å². The quantitative estimate of drug-likeness (QED) is 0.734. The van der Waals surface area contributed by atoms with Gasteiger partial charge in [0.25, 0.3) is 0 Å². The zero-order valence-corrected chi connectivity index (χ0v) is 12.9. The van der Waals surface area contributed by atoms with Crippen molar-refractivity contribution in [2.75, 3.05) is 19.7 Å². The van der Waals surface area contributed by atoms with Crippen molar-refractivity contribution in [3.05, 3.63) is 0 Å². The highest BCUT2D eigenvalue weighted by Crippen LogP contribution is 2.32. The molecule has 1 aliphatic heterocycles.